The first-order valence-electron chi connectivity index (χ1n) is 4.86. The second-order valence-electron chi connectivity index (χ2n) is 3.34. The van der Waals surface area contributed by atoms with Gasteiger partial charge in [0.25, 0.3) is 0 Å². The molecule has 0 aliphatic heterocycles. The van der Waals surface area contributed by atoms with E-state index in [-0.39, 0.29) is 6.04 Å². The van der Waals surface area contributed by atoms with Gasteiger partial charge in [-0.3, -0.25) is 0 Å². The van der Waals surface area contributed by atoms with Gasteiger partial charge in [0.15, 0.2) is 0 Å². The Morgan fingerprint density at radius 1 is 0.733 bits per heavy atom. The zero-order chi connectivity index (χ0) is 10.5. The zero-order valence-electron chi connectivity index (χ0n) is 8.25. The van der Waals surface area contributed by atoms with E-state index in [1.54, 1.807) is 0 Å². The van der Waals surface area contributed by atoms with Crippen molar-refractivity contribution < 1.29 is 0 Å². The Morgan fingerprint density at radius 2 is 1.13 bits per heavy atom. The van der Waals surface area contributed by atoms with Crippen LogP contribution in [0.4, 0.5) is 0 Å². The molecule has 0 N–H and O–H groups in total. The monoisotopic (exact) mass is 195 g/mol. The molecule has 15 heavy (non-hydrogen) atoms. The van der Waals surface area contributed by atoms with Gasteiger partial charge in [-0.2, -0.15) is 0 Å². The maximum Gasteiger partial charge on any atom is 0.0771 e. The molecule has 0 unspecified atom stereocenters. The van der Waals surface area contributed by atoms with Crippen LogP contribution < -0.4 is 0 Å². The number of benzene rings is 2. The second kappa shape index (κ2) is 4.51. The first-order valence-corrected chi connectivity index (χ1v) is 4.86. The van der Waals surface area contributed by atoms with Gasteiger partial charge in [-0.25, -0.2) is 0 Å². The van der Waals surface area contributed by atoms with Crippen molar-refractivity contribution in [1.82, 2.24) is 0 Å². The van der Waals surface area contributed by atoms with Gasteiger partial charge >= 0.3 is 0 Å². The van der Waals surface area contributed by atoms with E-state index in [2.05, 4.69) is 5.11 Å². The van der Waals surface area contributed by atoms with Gasteiger partial charge in [0.05, 0.1) is 6.04 Å². The van der Waals surface area contributed by atoms with Gasteiger partial charge in [-0.1, -0.05) is 60.7 Å². The first-order chi connectivity index (χ1) is 7.42. The number of nitrogens with zero attached hydrogens (tertiary/aromatic N) is 2. The van der Waals surface area contributed by atoms with Crippen molar-refractivity contribution in [2.45, 2.75) is 6.04 Å². The number of rotatable bonds is 3. The molecule has 2 nitrogen and oxygen atoms in total. The van der Waals surface area contributed by atoms with E-state index in [1.165, 1.54) is 0 Å². The average Bonchev–Trinajstić information content (AvgIpc) is 2.33. The highest BCUT2D eigenvalue weighted by Crippen LogP contribution is 2.25. The van der Waals surface area contributed by atoms with E-state index in [9.17, 15) is 0 Å². The van der Waals surface area contributed by atoms with Crippen LogP contribution in [0.1, 0.15) is 17.2 Å². The summed E-state index contributed by atoms with van der Waals surface area (Å²) in [5.74, 6) is 0. The lowest BCUT2D eigenvalue weighted by Gasteiger charge is -2.15. The summed E-state index contributed by atoms with van der Waals surface area (Å²) in [5, 5.41) is 3.43. The Labute approximate surface area is 89.1 Å². The Kier molecular flexibility index (Phi) is 2.88. The van der Waals surface area contributed by atoms with Crippen LogP contribution in [0.15, 0.2) is 65.8 Å². The van der Waals surface area contributed by atoms with Gasteiger partial charge in [0.1, 0.15) is 0 Å². The molecule has 0 spiro atoms. The summed E-state index contributed by atoms with van der Waals surface area (Å²) in [6.45, 7) is 0. The van der Waals surface area contributed by atoms with Gasteiger partial charge in [0, 0.05) is 0 Å². The fraction of sp³-hybridized carbons (Fsp3) is 0.0769. The predicted molar refractivity (Wildman–Crippen MR) is 60.5 cm³/mol. The molecule has 0 aliphatic carbocycles. The molecule has 0 aromatic heterocycles. The van der Waals surface area contributed by atoms with Crippen LogP contribution in [0, 0.1) is 0 Å². The molecule has 2 aromatic carbocycles. The van der Waals surface area contributed by atoms with Gasteiger partial charge < -0.3 is 10.6 Å². The van der Waals surface area contributed by atoms with Crippen LogP contribution in [0.5, 0.6) is 0 Å². The van der Waals surface area contributed by atoms with Crippen LogP contribution in [0.25, 0.3) is 5.53 Å². The second-order valence-corrected chi connectivity index (χ2v) is 3.34. The third-order valence-electron chi connectivity index (χ3n) is 2.35. The first kappa shape index (κ1) is 9.59. The highest BCUT2D eigenvalue weighted by molar-refractivity contribution is 5.31. The fourth-order valence-corrected chi connectivity index (χ4v) is 1.60. The number of hydrogen-bond acceptors (Lipinski definition) is 1. The third-order valence-corrected chi connectivity index (χ3v) is 2.35. The van der Waals surface area contributed by atoms with Crippen LogP contribution in [-0.4, -0.2) is 0 Å². The van der Waals surface area contributed by atoms with E-state index in [4.69, 9.17) is 5.53 Å². The molecule has 0 atom stereocenters. The third kappa shape index (κ3) is 2.10. The quantitative estimate of drug-likeness (QED) is 0.668. The van der Waals surface area contributed by atoms with Crippen molar-refractivity contribution in [2.75, 3.05) is 0 Å². The molecular weight excluding hydrogens is 184 g/mol. The molecule has 74 valence electrons. The molecule has 0 radical (unpaired) electrons. The van der Waals surface area contributed by atoms with E-state index >= 15 is 0 Å². The van der Waals surface area contributed by atoms with Crippen LogP contribution >= 0.6 is 0 Å². The van der Waals surface area contributed by atoms with Gasteiger partial charge in [0.2, 0.25) is 0 Å². The van der Waals surface area contributed by atoms with Crippen LogP contribution in [0.2, 0.25) is 0 Å². The van der Waals surface area contributed by atoms with E-state index in [1.807, 2.05) is 60.7 Å². The maximum absolute atomic E-state index is 9.06. The smallest absolute Gasteiger partial charge is 0.0771 e. The van der Waals surface area contributed by atoms with E-state index in [0.29, 0.717) is 0 Å². The molecule has 2 rings (SSSR count). The summed E-state index contributed by atoms with van der Waals surface area (Å²) >= 11 is 0. The number of hydrogen-bond donors (Lipinski definition) is 0. The molecule has 2 heteroatoms. The molecule has 0 bridgehead atoms. The topological polar surface area (TPSA) is 34.7 Å². The largest absolute Gasteiger partial charge is 0.711 e. The van der Waals surface area contributed by atoms with Crippen molar-refractivity contribution >= 4 is 0 Å². The Bertz CT molecular complexity index is 383. The Morgan fingerprint density at radius 3 is 1.47 bits per heavy atom. The summed E-state index contributed by atoms with van der Waals surface area (Å²) in [5.41, 5.74) is 11.0. The lowest BCUT2D eigenvalue weighted by Crippen LogP contribution is -1.95. The Hall–Kier alpha value is -1.96. The van der Waals surface area contributed by atoms with Crippen LogP contribution in [-0.2, 0) is 0 Å². The zero-order valence-corrected chi connectivity index (χ0v) is 8.25. The predicted octanol–water partition coefficient (Wildman–Crippen LogP) is 3.80. The van der Waals surface area contributed by atoms with Gasteiger partial charge in [-0.05, 0) is 11.1 Å². The molecule has 0 amide bonds. The standard InChI is InChI=1S/C13H11N2/c14-15-13(11-7-3-1-4-8-11)12-9-5-2-6-10-12/h1-10,13H/q-1. The molecule has 2 aromatic rings. The normalized spacial score (nSPS) is 10.2. The lowest BCUT2D eigenvalue weighted by molar-refractivity contribution is 0.863. The SMILES string of the molecule is [N-]=NC(c1ccccc1)c1ccccc1. The molecule has 0 fully saturated rings. The summed E-state index contributed by atoms with van der Waals surface area (Å²) < 4.78 is 0. The van der Waals surface area contributed by atoms with E-state index < -0.39 is 0 Å². The minimum absolute atomic E-state index is 0.285. The minimum Gasteiger partial charge on any atom is -0.711 e. The van der Waals surface area contributed by atoms with Crippen molar-refractivity contribution in [2.24, 2.45) is 5.11 Å². The summed E-state index contributed by atoms with van der Waals surface area (Å²) in [4.78, 5) is 0. The van der Waals surface area contributed by atoms with Crippen molar-refractivity contribution in [3.8, 4) is 0 Å². The molecule has 0 heterocycles. The average molecular weight is 195 g/mol. The van der Waals surface area contributed by atoms with Gasteiger partial charge in [-0.15, -0.1) is 0 Å². The summed E-state index contributed by atoms with van der Waals surface area (Å²) in [7, 11) is 0. The van der Waals surface area contributed by atoms with Crippen molar-refractivity contribution in [3.63, 3.8) is 0 Å². The van der Waals surface area contributed by atoms with Crippen molar-refractivity contribution in [1.29, 1.82) is 0 Å². The van der Waals surface area contributed by atoms with Crippen molar-refractivity contribution in [3.05, 3.63) is 77.3 Å². The Balaban J connectivity index is 2.38. The summed E-state index contributed by atoms with van der Waals surface area (Å²) in [6, 6.07) is 19.2. The lowest BCUT2D eigenvalue weighted by atomic mass is 10.00. The highest BCUT2D eigenvalue weighted by Gasteiger charge is 2.07. The molecule has 0 saturated heterocycles. The van der Waals surface area contributed by atoms with Crippen LogP contribution in [0.3, 0.4) is 0 Å². The fourth-order valence-electron chi connectivity index (χ4n) is 1.60. The molecule has 0 saturated carbocycles. The summed E-state index contributed by atoms with van der Waals surface area (Å²) in [6.07, 6.45) is 0. The molecular formula is C13H11N2-. The minimum atomic E-state index is -0.285. The maximum atomic E-state index is 9.06. The molecule has 0 aliphatic rings. The van der Waals surface area contributed by atoms with E-state index in [0.717, 1.165) is 11.1 Å². The highest BCUT2D eigenvalue weighted by atomic mass is 15.0.